The third kappa shape index (κ3) is 2.98. The number of benzene rings is 1. The molecule has 0 heterocycles. The van der Waals surface area contributed by atoms with Crippen LogP contribution in [0.25, 0.3) is 0 Å². The van der Waals surface area contributed by atoms with Gasteiger partial charge in [0.2, 0.25) is 0 Å². The molecule has 2 nitrogen and oxygen atoms in total. The Morgan fingerprint density at radius 1 is 1.44 bits per heavy atom. The van der Waals surface area contributed by atoms with E-state index in [1.165, 1.54) is 12.8 Å². The van der Waals surface area contributed by atoms with Gasteiger partial charge in [-0.25, -0.2) is 0 Å². The Morgan fingerprint density at radius 2 is 2.06 bits per heavy atom. The van der Waals surface area contributed by atoms with E-state index < -0.39 is 5.54 Å². The van der Waals surface area contributed by atoms with Crippen molar-refractivity contribution < 1.29 is 0 Å². The van der Waals surface area contributed by atoms with Gasteiger partial charge in [0.05, 0.1) is 6.07 Å². The molecule has 1 fully saturated rings. The topological polar surface area (TPSA) is 35.8 Å². The van der Waals surface area contributed by atoms with E-state index in [0.29, 0.717) is 6.04 Å². The fourth-order valence-electron chi connectivity index (χ4n) is 1.81. The van der Waals surface area contributed by atoms with Gasteiger partial charge in [-0.3, -0.25) is 5.32 Å². The highest BCUT2D eigenvalue weighted by atomic mass is 35.5. The quantitative estimate of drug-likeness (QED) is 0.870. The lowest BCUT2D eigenvalue weighted by Gasteiger charge is -2.23. The van der Waals surface area contributed by atoms with Gasteiger partial charge in [0.1, 0.15) is 5.54 Å². The minimum atomic E-state index is -0.463. The number of rotatable bonds is 4. The largest absolute Gasteiger partial charge is 0.297 e. The van der Waals surface area contributed by atoms with Crippen LogP contribution in [-0.2, 0) is 6.42 Å². The van der Waals surface area contributed by atoms with Crippen LogP contribution in [0.3, 0.4) is 0 Å². The molecule has 1 aromatic rings. The van der Waals surface area contributed by atoms with E-state index in [0.717, 1.165) is 17.0 Å². The smallest absolute Gasteiger partial charge is 0.108 e. The molecule has 1 aliphatic rings. The summed E-state index contributed by atoms with van der Waals surface area (Å²) in [5.74, 6) is 0. The molecule has 0 aromatic heterocycles. The first kappa shape index (κ1) is 11.4. The molecule has 3 heteroatoms. The van der Waals surface area contributed by atoms with Crippen LogP contribution < -0.4 is 5.32 Å². The minimum absolute atomic E-state index is 0.463. The molecule has 1 N–H and O–H groups in total. The van der Waals surface area contributed by atoms with E-state index in [1.54, 1.807) is 0 Å². The summed E-state index contributed by atoms with van der Waals surface area (Å²) in [7, 11) is 0. The Kier molecular flexibility index (Phi) is 3.18. The number of halogens is 1. The average molecular weight is 235 g/mol. The van der Waals surface area contributed by atoms with Gasteiger partial charge in [0.15, 0.2) is 0 Å². The fourth-order valence-corrected chi connectivity index (χ4v) is 1.94. The maximum Gasteiger partial charge on any atom is 0.108 e. The minimum Gasteiger partial charge on any atom is -0.297 e. The van der Waals surface area contributed by atoms with Crippen LogP contribution in [0.4, 0.5) is 0 Å². The van der Waals surface area contributed by atoms with Crippen molar-refractivity contribution >= 4 is 11.6 Å². The monoisotopic (exact) mass is 234 g/mol. The summed E-state index contributed by atoms with van der Waals surface area (Å²) in [5.41, 5.74) is 0.677. The van der Waals surface area contributed by atoms with Gasteiger partial charge < -0.3 is 0 Å². The molecule has 0 bridgehead atoms. The summed E-state index contributed by atoms with van der Waals surface area (Å²) in [6.07, 6.45) is 3.10. The highest BCUT2D eigenvalue weighted by molar-refractivity contribution is 6.30. The number of hydrogen-bond donors (Lipinski definition) is 1. The van der Waals surface area contributed by atoms with E-state index in [2.05, 4.69) is 11.4 Å². The van der Waals surface area contributed by atoms with Crippen LogP contribution in [0, 0.1) is 11.3 Å². The normalized spacial score (nSPS) is 18.8. The maximum absolute atomic E-state index is 9.24. The molecule has 1 atom stereocenters. The first-order valence-electron chi connectivity index (χ1n) is 5.55. The summed E-state index contributed by atoms with van der Waals surface area (Å²) in [5, 5.41) is 13.4. The lowest BCUT2D eigenvalue weighted by atomic mass is 9.94. The Bertz CT molecular complexity index is 403. The van der Waals surface area contributed by atoms with Gasteiger partial charge in [0.25, 0.3) is 0 Å². The van der Waals surface area contributed by atoms with Gasteiger partial charge in [-0.1, -0.05) is 23.7 Å². The predicted molar refractivity (Wildman–Crippen MR) is 65.3 cm³/mol. The molecule has 1 unspecified atom stereocenters. The summed E-state index contributed by atoms with van der Waals surface area (Å²) < 4.78 is 0. The van der Waals surface area contributed by atoms with Gasteiger partial charge >= 0.3 is 0 Å². The Hall–Kier alpha value is -1.04. The maximum atomic E-state index is 9.24. The van der Waals surface area contributed by atoms with Gasteiger partial charge in [0, 0.05) is 17.5 Å². The van der Waals surface area contributed by atoms with E-state index >= 15 is 0 Å². The predicted octanol–water partition coefficient (Wildman–Crippen LogP) is 2.92. The second kappa shape index (κ2) is 4.45. The third-order valence-electron chi connectivity index (χ3n) is 2.82. The van der Waals surface area contributed by atoms with Crippen LogP contribution >= 0.6 is 11.6 Å². The summed E-state index contributed by atoms with van der Waals surface area (Å²) in [6, 6.07) is 10.6. The third-order valence-corrected chi connectivity index (χ3v) is 3.07. The molecule has 0 radical (unpaired) electrons. The number of nitriles is 1. The Morgan fingerprint density at radius 3 is 2.56 bits per heavy atom. The molecule has 0 saturated heterocycles. The van der Waals surface area contributed by atoms with E-state index in [4.69, 9.17) is 11.6 Å². The van der Waals surface area contributed by atoms with Crippen molar-refractivity contribution in [2.45, 2.75) is 37.8 Å². The number of nitrogens with zero attached hydrogens (tertiary/aromatic N) is 1. The van der Waals surface area contributed by atoms with Crippen LogP contribution in [0.2, 0.25) is 5.02 Å². The highest BCUT2D eigenvalue weighted by Crippen LogP contribution is 2.24. The van der Waals surface area contributed by atoms with E-state index in [1.807, 2.05) is 31.2 Å². The number of hydrogen-bond acceptors (Lipinski definition) is 2. The second-order valence-electron chi connectivity index (χ2n) is 4.67. The van der Waals surface area contributed by atoms with Gasteiger partial charge in [-0.05, 0) is 37.5 Å². The van der Waals surface area contributed by atoms with Crippen molar-refractivity contribution in [3.05, 3.63) is 34.9 Å². The first-order valence-corrected chi connectivity index (χ1v) is 5.92. The van der Waals surface area contributed by atoms with Crippen molar-refractivity contribution in [2.24, 2.45) is 0 Å². The van der Waals surface area contributed by atoms with Crippen LogP contribution in [0.5, 0.6) is 0 Å². The second-order valence-corrected chi connectivity index (χ2v) is 5.10. The van der Waals surface area contributed by atoms with E-state index in [9.17, 15) is 5.26 Å². The molecular formula is C13H15ClN2. The number of nitrogens with one attached hydrogen (secondary N) is 1. The SMILES string of the molecule is CC(C#N)(Cc1ccc(Cl)cc1)NC1CC1. The molecule has 1 saturated carbocycles. The lowest BCUT2D eigenvalue weighted by Crippen LogP contribution is -2.44. The first-order chi connectivity index (χ1) is 7.61. The molecule has 0 amide bonds. The summed E-state index contributed by atoms with van der Waals surface area (Å²) in [6.45, 7) is 1.96. The molecular weight excluding hydrogens is 220 g/mol. The molecule has 1 aromatic carbocycles. The summed E-state index contributed by atoms with van der Waals surface area (Å²) in [4.78, 5) is 0. The fraction of sp³-hybridized carbons (Fsp3) is 0.462. The van der Waals surface area contributed by atoms with Crippen molar-refractivity contribution in [1.29, 1.82) is 5.26 Å². The van der Waals surface area contributed by atoms with E-state index in [-0.39, 0.29) is 0 Å². The zero-order chi connectivity index (χ0) is 11.6. The van der Waals surface area contributed by atoms with Crippen molar-refractivity contribution in [3.63, 3.8) is 0 Å². The molecule has 1 aliphatic carbocycles. The van der Waals surface area contributed by atoms with Crippen molar-refractivity contribution in [2.75, 3.05) is 0 Å². The van der Waals surface area contributed by atoms with Gasteiger partial charge in [-0.2, -0.15) is 5.26 Å². The molecule has 0 spiro atoms. The Balaban J connectivity index is 2.05. The summed E-state index contributed by atoms with van der Waals surface area (Å²) >= 11 is 5.83. The van der Waals surface area contributed by atoms with Crippen molar-refractivity contribution in [1.82, 2.24) is 5.32 Å². The van der Waals surface area contributed by atoms with Crippen LogP contribution in [0.15, 0.2) is 24.3 Å². The molecule has 0 aliphatic heterocycles. The zero-order valence-electron chi connectivity index (χ0n) is 9.33. The lowest BCUT2D eigenvalue weighted by molar-refractivity contribution is 0.441. The van der Waals surface area contributed by atoms with Crippen LogP contribution in [-0.4, -0.2) is 11.6 Å². The zero-order valence-corrected chi connectivity index (χ0v) is 10.1. The molecule has 2 rings (SSSR count). The molecule has 16 heavy (non-hydrogen) atoms. The standard InChI is InChI=1S/C13H15ClN2/c1-13(9-15,16-12-6-7-12)8-10-2-4-11(14)5-3-10/h2-5,12,16H,6-8H2,1H3. The Labute approximate surface area is 101 Å². The average Bonchev–Trinajstić information content (AvgIpc) is 3.05. The van der Waals surface area contributed by atoms with Gasteiger partial charge in [-0.15, -0.1) is 0 Å². The van der Waals surface area contributed by atoms with Crippen molar-refractivity contribution in [3.8, 4) is 6.07 Å². The van der Waals surface area contributed by atoms with Crippen LogP contribution in [0.1, 0.15) is 25.3 Å². The highest BCUT2D eigenvalue weighted by Gasteiger charge is 2.32. The molecule has 84 valence electrons.